The second kappa shape index (κ2) is 5.31. The summed E-state index contributed by atoms with van der Waals surface area (Å²) in [5, 5.41) is 0. The molecule has 1 aliphatic heterocycles. The molecule has 0 spiro atoms. The number of nitrogen functional groups attached to an aromatic ring is 1. The zero-order valence-electron chi connectivity index (χ0n) is 12.5. The summed E-state index contributed by atoms with van der Waals surface area (Å²) in [5.74, 6) is 1.01. The minimum absolute atomic E-state index is 0.339. The lowest BCUT2D eigenvalue weighted by Crippen LogP contribution is -2.38. The zero-order chi connectivity index (χ0) is 14.9. The van der Waals surface area contributed by atoms with E-state index >= 15 is 0 Å². The summed E-state index contributed by atoms with van der Waals surface area (Å²) in [6, 6.07) is 1.70. The molecule has 110 valence electrons. The fourth-order valence-corrected chi connectivity index (χ4v) is 2.82. The summed E-state index contributed by atoms with van der Waals surface area (Å²) in [7, 11) is 0. The molecule has 4 N–H and O–H groups in total. The van der Waals surface area contributed by atoms with Gasteiger partial charge in [0.25, 0.3) is 5.91 Å². The number of amides is 1. The first-order valence-corrected chi connectivity index (χ1v) is 7.09. The summed E-state index contributed by atoms with van der Waals surface area (Å²) in [6.45, 7) is 8.79. The molecule has 0 aliphatic carbocycles. The predicted octanol–water partition coefficient (Wildman–Crippen LogP) is 2.03. The van der Waals surface area contributed by atoms with Crippen molar-refractivity contribution in [3.8, 4) is 0 Å². The Hall–Kier alpha value is -1.78. The molecule has 0 radical (unpaired) electrons. The number of primary amides is 1. The number of carbonyl (C=O) groups excluding carboxylic acids is 1. The van der Waals surface area contributed by atoms with E-state index in [0.29, 0.717) is 16.7 Å². The van der Waals surface area contributed by atoms with Crippen LogP contribution in [0.2, 0.25) is 0 Å². The lowest BCUT2D eigenvalue weighted by molar-refractivity contribution is 0.100. The van der Waals surface area contributed by atoms with Gasteiger partial charge in [0.05, 0.1) is 17.4 Å². The van der Waals surface area contributed by atoms with Gasteiger partial charge in [0.2, 0.25) is 0 Å². The van der Waals surface area contributed by atoms with Crippen LogP contribution in [0.25, 0.3) is 0 Å². The van der Waals surface area contributed by atoms with Crippen LogP contribution in [0.3, 0.4) is 0 Å². The molecular formula is C15H24N4O. The van der Waals surface area contributed by atoms with Gasteiger partial charge in [-0.05, 0) is 30.2 Å². The second-order valence-electron chi connectivity index (χ2n) is 6.62. The lowest BCUT2D eigenvalue weighted by Gasteiger charge is -2.39. The first-order chi connectivity index (χ1) is 9.29. The van der Waals surface area contributed by atoms with Crippen molar-refractivity contribution >= 4 is 17.4 Å². The largest absolute Gasteiger partial charge is 0.397 e. The van der Waals surface area contributed by atoms with Crippen LogP contribution in [-0.4, -0.2) is 24.0 Å². The molecule has 0 unspecified atom stereocenters. The van der Waals surface area contributed by atoms with E-state index in [1.807, 2.05) is 0 Å². The summed E-state index contributed by atoms with van der Waals surface area (Å²) in [6.07, 6.45) is 3.80. The van der Waals surface area contributed by atoms with Crippen LogP contribution in [0.15, 0.2) is 12.3 Å². The fraction of sp³-hybridized carbons (Fsp3) is 0.600. The number of hydrogen-bond acceptors (Lipinski definition) is 4. The van der Waals surface area contributed by atoms with Gasteiger partial charge in [0.1, 0.15) is 5.82 Å². The van der Waals surface area contributed by atoms with E-state index in [1.54, 1.807) is 6.07 Å². The molecule has 1 aromatic heterocycles. The maximum atomic E-state index is 11.3. The Balaban J connectivity index is 2.11. The maximum Gasteiger partial charge on any atom is 0.250 e. The molecule has 5 heteroatoms. The summed E-state index contributed by atoms with van der Waals surface area (Å²) in [4.78, 5) is 17.9. The minimum atomic E-state index is -0.504. The zero-order valence-corrected chi connectivity index (χ0v) is 12.5. The van der Waals surface area contributed by atoms with Crippen molar-refractivity contribution in [3.63, 3.8) is 0 Å². The molecule has 5 nitrogen and oxygen atoms in total. The highest BCUT2D eigenvalue weighted by Crippen LogP contribution is 2.35. The van der Waals surface area contributed by atoms with Crippen LogP contribution in [0.1, 0.15) is 44.0 Å². The summed E-state index contributed by atoms with van der Waals surface area (Å²) >= 11 is 0. The Morgan fingerprint density at radius 1 is 1.35 bits per heavy atom. The third-order valence-corrected chi connectivity index (χ3v) is 4.23. The van der Waals surface area contributed by atoms with Crippen LogP contribution in [0, 0.1) is 11.3 Å². The molecule has 1 saturated heterocycles. The molecule has 0 aromatic carbocycles. The predicted molar refractivity (Wildman–Crippen MR) is 81.6 cm³/mol. The standard InChI is InChI=1S/C15H24N4O/c1-15(2,3)10-4-6-19(7-5-10)13-8-11(14(17)20)12(16)9-18-13/h8-10H,4-7,16H2,1-3H3,(H2,17,20). The van der Waals surface area contributed by atoms with Gasteiger partial charge in [0, 0.05) is 13.1 Å². The van der Waals surface area contributed by atoms with Gasteiger partial charge in [-0.3, -0.25) is 4.79 Å². The van der Waals surface area contributed by atoms with Crippen LogP contribution in [0.5, 0.6) is 0 Å². The number of nitrogens with two attached hydrogens (primary N) is 2. The van der Waals surface area contributed by atoms with Crippen molar-refractivity contribution in [1.82, 2.24) is 4.98 Å². The van der Waals surface area contributed by atoms with Gasteiger partial charge in [-0.25, -0.2) is 4.98 Å². The average molecular weight is 276 g/mol. The average Bonchev–Trinajstić information content (AvgIpc) is 2.38. The molecule has 0 bridgehead atoms. The molecule has 2 heterocycles. The smallest absolute Gasteiger partial charge is 0.250 e. The Bertz CT molecular complexity index is 499. The SMILES string of the molecule is CC(C)(C)C1CCN(c2cc(C(N)=O)c(N)cn2)CC1. The first-order valence-electron chi connectivity index (χ1n) is 7.09. The van der Waals surface area contributed by atoms with E-state index in [9.17, 15) is 4.79 Å². The maximum absolute atomic E-state index is 11.3. The monoisotopic (exact) mass is 276 g/mol. The van der Waals surface area contributed by atoms with Crippen molar-refractivity contribution in [2.45, 2.75) is 33.6 Å². The molecule has 1 amide bonds. The van der Waals surface area contributed by atoms with E-state index in [2.05, 4.69) is 30.7 Å². The van der Waals surface area contributed by atoms with Gasteiger partial charge >= 0.3 is 0 Å². The number of rotatable bonds is 2. The van der Waals surface area contributed by atoms with Crippen molar-refractivity contribution < 1.29 is 4.79 Å². The third kappa shape index (κ3) is 3.03. The third-order valence-electron chi connectivity index (χ3n) is 4.23. The Labute approximate surface area is 120 Å². The number of nitrogens with zero attached hydrogens (tertiary/aromatic N) is 2. The van der Waals surface area contributed by atoms with Gasteiger partial charge in [-0.1, -0.05) is 20.8 Å². The van der Waals surface area contributed by atoms with Gasteiger partial charge < -0.3 is 16.4 Å². The van der Waals surface area contributed by atoms with Crippen LogP contribution < -0.4 is 16.4 Å². The molecular weight excluding hydrogens is 252 g/mol. The van der Waals surface area contributed by atoms with E-state index in [-0.39, 0.29) is 0 Å². The minimum Gasteiger partial charge on any atom is -0.397 e. The van der Waals surface area contributed by atoms with E-state index in [1.165, 1.54) is 6.20 Å². The van der Waals surface area contributed by atoms with Crippen molar-refractivity contribution in [2.75, 3.05) is 23.7 Å². The van der Waals surface area contributed by atoms with E-state index in [0.717, 1.165) is 37.7 Å². The summed E-state index contributed by atoms with van der Waals surface area (Å²) < 4.78 is 0. The highest BCUT2D eigenvalue weighted by molar-refractivity contribution is 5.98. The quantitative estimate of drug-likeness (QED) is 0.865. The topological polar surface area (TPSA) is 85.2 Å². The Morgan fingerprint density at radius 2 is 1.95 bits per heavy atom. The molecule has 2 rings (SSSR count). The highest BCUT2D eigenvalue weighted by atomic mass is 16.1. The van der Waals surface area contributed by atoms with Crippen molar-refractivity contribution in [3.05, 3.63) is 17.8 Å². The second-order valence-corrected chi connectivity index (χ2v) is 6.62. The number of hydrogen-bond donors (Lipinski definition) is 2. The van der Waals surface area contributed by atoms with Gasteiger partial charge in [-0.2, -0.15) is 0 Å². The molecule has 0 saturated carbocycles. The summed E-state index contributed by atoms with van der Waals surface area (Å²) in [5.41, 5.74) is 12.1. The van der Waals surface area contributed by atoms with Crippen LogP contribution in [0.4, 0.5) is 11.5 Å². The highest BCUT2D eigenvalue weighted by Gasteiger charge is 2.29. The fourth-order valence-electron chi connectivity index (χ4n) is 2.82. The first kappa shape index (κ1) is 14.6. The number of piperidine rings is 1. The molecule has 1 fully saturated rings. The number of anilines is 2. The van der Waals surface area contributed by atoms with E-state index < -0.39 is 5.91 Å². The van der Waals surface area contributed by atoms with Crippen molar-refractivity contribution in [2.24, 2.45) is 17.1 Å². The Morgan fingerprint density at radius 3 is 2.45 bits per heavy atom. The van der Waals surface area contributed by atoms with Crippen LogP contribution >= 0.6 is 0 Å². The lowest BCUT2D eigenvalue weighted by atomic mass is 9.75. The van der Waals surface area contributed by atoms with Crippen molar-refractivity contribution in [1.29, 1.82) is 0 Å². The normalized spacial score (nSPS) is 17.2. The molecule has 0 atom stereocenters. The number of carbonyl (C=O) groups is 1. The number of aromatic nitrogens is 1. The van der Waals surface area contributed by atoms with Gasteiger partial charge in [0.15, 0.2) is 0 Å². The van der Waals surface area contributed by atoms with Crippen LogP contribution in [-0.2, 0) is 0 Å². The molecule has 1 aliphatic rings. The Kier molecular flexibility index (Phi) is 3.88. The van der Waals surface area contributed by atoms with Gasteiger partial charge in [-0.15, -0.1) is 0 Å². The van der Waals surface area contributed by atoms with E-state index in [4.69, 9.17) is 11.5 Å². The number of pyridine rings is 1. The molecule has 1 aromatic rings. The molecule has 20 heavy (non-hydrogen) atoms.